The summed E-state index contributed by atoms with van der Waals surface area (Å²) in [6.07, 6.45) is 5.17. The molecule has 1 heterocycles. The van der Waals surface area contributed by atoms with Gasteiger partial charge in [-0.2, -0.15) is 4.31 Å². The van der Waals surface area contributed by atoms with E-state index in [0.29, 0.717) is 23.6 Å². The minimum absolute atomic E-state index is 0.0344. The van der Waals surface area contributed by atoms with E-state index in [0.717, 1.165) is 10.8 Å². The summed E-state index contributed by atoms with van der Waals surface area (Å²) in [5.74, 6) is 3.35. The summed E-state index contributed by atoms with van der Waals surface area (Å²) < 4.78 is 31.6. The third-order valence-electron chi connectivity index (χ3n) is 2.86. The number of rotatable bonds is 6. The number of hydrogen-bond donors (Lipinski definition) is 1. The molecule has 0 spiro atoms. The Morgan fingerprint density at radius 1 is 1.37 bits per heavy atom. The molecule has 0 unspecified atom stereocenters. The summed E-state index contributed by atoms with van der Waals surface area (Å²) in [7, 11) is -2.15. The molecule has 0 fully saturated rings. The highest BCUT2D eigenvalue weighted by Crippen LogP contribution is 2.28. The average Bonchev–Trinajstić information content (AvgIpc) is 2.61. The molecule has 1 aromatic rings. The normalized spacial score (nSPS) is 11.8. The molecular weight excluding hydrogens is 264 g/mol. The van der Waals surface area contributed by atoms with Gasteiger partial charge in [-0.25, -0.2) is 8.42 Å². The van der Waals surface area contributed by atoms with Gasteiger partial charge in [0.2, 0.25) is 10.0 Å². The molecule has 0 atom stereocenters. The predicted octanol–water partition coefficient (Wildman–Crippen LogP) is 1.26. The Morgan fingerprint density at radius 3 is 2.53 bits per heavy atom. The maximum Gasteiger partial charge on any atom is 0.247 e. The van der Waals surface area contributed by atoms with Gasteiger partial charge in [-0.3, -0.25) is 0 Å². The van der Waals surface area contributed by atoms with Crippen LogP contribution in [0.1, 0.15) is 24.0 Å². The van der Waals surface area contributed by atoms with Crippen molar-refractivity contribution in [2.75, 3.05) is 20.1 Å². The van der Waals surface area contributed by atoms with Crippen LogP contribution in [0, 0.1) is 26.2 Å². The minimum Gasteiger partial charge on any atom is -0.465 e. The van der Waals surface area contributed by atoms with E-state index < -0.39 is 10.0 Å². The van der Waals surface area contributed by atoms with E-state index in [1.807, 2.05) is 6.92 Å². The quantitative estimate of drug-likeness (QED) is 0.799. The lowest BCUT2D eigenvalue weighted by atomic mass is 10.2. The second-order valence-corrected chi connectivity index (χ2v) is 6.25. The third kappa shape index (κ3) is 3.18. The zero-order valence-corrected chi connectivity index (χ0v) is 12.6. The summed E-state index contributed by atoms with van der Waals surface area (Å²) in [4.78, 5) is 0.226. The molecule has 0 saturated carbocycles. The van der Waals surface area contributed by atoms with E-state index in [1.54, 1.807) is 13.8 Å². The second-order valence-electron chi connectivity index (χ2n) is 4.27. The van der Waals surface area contributed by atoms with E-state index in [2.05, 4.69) is 11.2 Å². The van der Waals surface area contributed by atoms with Gasteiger partial charge in [0, 0.05) is 19.2 Å². The third-order valence-corrected chi connectivity index (χ3v) is 4.86. The SMILES string of the molecule is C#CCN(C)S(=O)(=O)c1c(C)oc(C)c1CNCC. The Hall–Kier alpha value is -1.29. The van der Waals surface area contributed by atoms with Crippen molar-refractivity contribution >= 4 is 10.0 Å². The molecule has 6 heteroatoms. The van der Waals surface area contributed by atoms with Gasteiger partial charge < -0.3 is 9.73 Å². The van der Waals surface area contributed by atoms with E-state index in [9.17, 15) is 8.42 Å². The zero-order valence-electron chi connectivity index (χ0n) is 11.8. The van der Waals surface area contributed by atoms with Gasteiger partial charge in [0.1, 0.15) is 16.4 Å². The van der Waals surface area contributed by atoms with Crippen LogP contribution in [0.5, 0.6) is 0 Å². The molecule has 0 bridgehead atoms. The van der Waals surface area contributed by atoms with Crippen LogP contribution in [0.3, 0.4) is 0 Å². The smallest absolute Gasteiger partial charge is 0.247 e. The summed E-state index contributed by atoms with van der Waals surface area (Å²) in [6, 6.07) is 0. The van der Waals surface area contributed by atoms with Crippen LogP contribution in [0.25, 0.3) is 0 Å². The first-order valence-electron chi connectivity index (χ1n) is 6.05. The number of nitrogens with one attached hydrogen (secondary N) is 1. The predicted molar refractivity (Wildman–Crippen MR) is 74.2 cm³/mol. The Balaban J connectivity index is 3.30. The first kappa shape index (κ1) is 15.8. The number of sulfonamides is 1. The monoisotopic (exact) mass is 284 g/mol. The van der Waals surface area contributed by atoms with Crippen LogP contribution in [0.4, 0.5) is 0 Å². The van der Waals surface area contributed by atoms with Gasteiger partial charge in [0.05, 0.1) is 6.54 Å². The molecule has 0 saturated heterocycles. The van der Waals surface area contributed by atoms with Crippen LogP contribution in [-0.4, -0.2) is 32.9 Å². The lowest BCUT2D eigenvalue weighted by molar-refractivity contribution is 0.482. The molecule has 0 aliphatic rings. The van der Waals surface area contributed by atoms with Gasteiger partial charge in [-0.15, -0.1) is 6.42 Å². The fourth-order valence-corrected chi connectivity index (χ4v) is 3.36. The molecule has 106 valence electrons. The van der Waals surface area contributed by atoms with Crippen molar-refractivity contribution in [1.29, 1.82) is 0 Å². The first-order chi connectivity index (χ1) is 8.86. The van der Waals surface area contributed by atoms with Gasteiger partial charge in [-0.05, 0) is 20.4 Å². The number of hydrogen-bond acceptors (Lipinski definition) is 4. The topological polar surface area (TPSA) is 62.6 Å². The first-order valence-corrected chi connectivity index (χ1v) is 7.49. The highest BCUT2D eigenvalue weighted by Gasteiger charge is 2.29. The molecule has 0 radical (unpaired) electrons. The van der Waals surface area contributed by atoms with E-state index in [4.69, 9.17) is 10.8 Å². The van der Waals surface area contributed by atoms with Gasteiger partial charge in [-0.1, -0.05) is 12.8 Å². The van der Waals surface area contributed by atoms with Gasteiger partial charge in [0.25, 0.3) is 0 Å². The molecule has 0 amide bonds. The lowest BCUT2D eigenvalue weighted by Gasteiger charge is -2.15. The molecule has 0 aromatic carbocycles. The number of terminal acetylenes is 1. The van der Waals surface area contributed by atoms with Crippen LogP contribution in [-0.2, 0) is 16.6 Å². The minimum atomic E-state index is -3.61. The van der Waals surface area contributed by atoms with Crippen molar-refractivity contribution in [3.8, 4) is 12.3 Å². The van der Waals surface area contributed by atoms with E-state index >= 15 is 0 Å². The highest BCUT2D eigenvalue weighted by atomic mass is 32.2. The Labute approximate surface area is 115 Å². The van der Waals surface area contributed by atoms with Crippen LogP contribution < -0.4 is 5.32 Å². The second kappa shape index (κ2) is 6.24. The molecule has 1 rings (SSSR count). The maximum absolute atomic E-state index is 12.5. The number of nitrogens with zero attached hydrogens (tertiary/aromatic N) is 1. The van der Waals surface area contributed by atoms with Crippen molar-refractivity contribution in [2.24, 2.45) is 0 Å². The molecule has 1 aromatic heterocycles. The van der Waals surface area contributed by atoms with Crippen molar-refractivity contribution < 1.29 is 12.8 Å². The van der Waals surface area contributed by atoms with Crippen LogP contribution >= 0.6 is 0 Å². The zero-order chi connectivity index (χ0) is 14.6. The maximum atomic E-state index is 12.5. The summed E-state index contributed by atoms with van der Waals surface area (Å²) in [6.45, 7) is 6.62. The number of furan rings is 1. The molecule has 0 aliphatic heterocycles. The molecule has 19 heavy (non-hydrogen) atoms. The van der Waals surface area contributed by atoms with Gasteiger partial charge >= 0.3 is 0 Å². The Morgan fingerprint density at radius 2 is 2.00 bits per heavy atom. The van der Waals surface area contributed by atoms with Crippen LogP contribution in [0.2, 0.25) is 0 Å². The van der Waals surface area contributed by atoms with Crippen molar-refractivity contribution in [3.63, 3.8) is 0 Å². The van der Waals surface area contributed by atoms with Crippen molar-refractivity contribution in [2.45, 2.75) is 32.2 Å². The summed E-state index contributed by atoms with van der Waals surface area (Å²) in [5.41, 5.74) is 0.670. The fourth-order valence-electron chi connectivity index (χ4n) is 1.87. The fraction of sp³-hybridized carbons (Fsp3) is 0.538. The average molecular weight is 284 g/mol. The van der Waals surface area contributed by atoms with Gasteiger partial charge in [0.15, 0.2) is 0 Å². The summed E-state index contributed by atoms with van der Waals surface area (Å²) in [5, 5.41) is 3.12. The van der Waals surface area contributed by atoms with E-state index in [1.165, 1.54) is 7.05 Å². The summed E-state index contributed by atoms with van der Waals surface area (Å²) >= 11 is 0. The van der Waals surface area contributed by atoms with Crippen LogP contribution in [0.15, 0.2) is 9.31 Å². The Kier molecular flexibility index (Phi) is 5.18. The highest BCUT2D eigenvalue weighted by molar-refractivity contribution is 7.89. The largest absolute Gasteiger partial charge is 0.465 e. The lowest BCUT2D eigenvalue weighted by Crippen LogP contribution is -2.29. The Bertz CT molecular complexity index is 582. The molecule has 0 aliphatic carbocycles. The number of aryl methyl sites for hydroxylation is 2. The van der Waals surface area contributed by atoms with E-state index in [-0.39, 0.29) is 11.4 Å². The standard InChI is InChI=1S/C13H20N2O3S/c1-6-8-15(5)19(16,17)13-11(4)18-10(3)12(13)9-14-7-2/h1,14H,7-9H2,2-5H3. The van der Waals surface area contributed by atoms with Crippen molar-refractivity contribution in [1.82, 2.24) is 9.62 Å². The van der Waals surface area contributed by atoms with Crippen molar-refractivity contribution in [3.05, 3.63) is 17.1 Å². The molecular formula is C13H20N2O3S. The molecule has 1 N–H and O–H groups in total. The molecule has 5 nitrogen and oxygen atoms in total.